The average Bonchev–Trinajstić information content (AvgIpc) is 2.28. The van der Waals surface area contributed by atoms with Crippen LogP contribution in [-0.4, -0.2) is 26.3 Å². The standard InChI is InChI=1S/C12H17NO3.ClH/c1-3-16-12(14)10-6-4-5-9(11(10)13)7-8-15-2;/h4-6H,3,7-8,13H2,1-2H3;1H. The Bertz CT molecular complexity index is 369. The Morgan fingerprint density at radius 2 is 2.12 bits per heavy atom. The fourth-order valence-corrected chi connectivity index (χ4v) is 1.43. The third-order valence-corrected chi connectivity index (χ3v) is 2.27. The van der Waals surface area contributed by atoms with E-state index in [1.807, 2.05) is 6.07 Å². The monoisotopic (exact) mass is 259 g/mol. The first-order valence-corrected chi connectivity index (χ1v) is 5.24. The summed E-state index contributed by atoms with van der Waals surface area (Å²) in [5.74, 6) is -0.376. The molecule has 1 aromatic rings. The van der Waals surface area contributed by atoms with E-state index in [1.165, 1.54) is 0 Å². The maximum atomic E-state index is 11.6. The van der Waals surface area contributed by atoms with Crippen LogP contribution in [0.15, 0.2) is 18.2 Å². The Kier molecular flexibility index (Phi) is 7.34. The van der Waals surface area contributed by atoms with E-state index < -0.39 is 0 Å². The second kappa shape index (κ2) is 7.92. The van der Waals surface area contributed by atoms with Gasteiger partial charge in [-0.05, 0) is 25.0 Å². The van der Waals surface area contributed by atoms with Gasteiger partial charge in [-0.1, -0.05) is 12.1 Å². The molecule has 0 fully saturated rings. The minimum Gasteiger partial charge on any atom is -0.462 e. The summed E-state index contributed by atoms with van der Waals surface area (Å²) >= 11 is 0. The maximum Gasteiger partial charge on any atom is 0.340 e. The number of nitrogens with two attached hydrogens (primary N) is 1. The molecule has 0 saturated heterocycles. The van der Waals surface area contributed by atoms with E-state index in [1.54, 1.807) is 26.2 Å². The summed E-state index contributed by atoms with van der Waals surface area (Å²) in [5, 5.41) is 0. The first-order valence-electron chi connectivity index (χ1n) is 5.24. The Morgan fingerprint density at radius 3 is 2.71 bits per heavy atom. The molecule has 0 amide bonds. The van der Waals surface area contributed by atoms with Crippen LogP contribution in [0.25, 0.3) is 0 Å². The smallest absolute Gasteiger partial charge is 0.340 e. The van der Waals surface area contributed by atoms with Crippen molar-refractivity contribution in [2.45, 2.75) is 13.3 Å². The molecular formula is C12H18ClNO3. The van der Waals surface area contributed by atoms with Gasteiger partial charge in [0.1, 0.15) is 0 Å². The lowest BCUT2D eigenvalue weighted by Gasteiger charge is -2.09. The normalized spacial score (nSPS) is 9.53. The molecule has 0 radical (unpaired) electrons. The van der Waals surface area contributed by atoms with Gasteiger partial charge in [-0.15, -0.1) is 12.4 Å². The number of hydrogen-bond donors (Lipinski definition) is 1. The van der Waals surface area contributed by atoms with Crippen LogP contribution < -0.4 is 5.73 Å². The number of ether oxygens (including phenoxy) is 2. The first-order chi connectivity index (χ1) is 7.70. The number of methoxy groups -OCH3 is 1. The molecule has 0 aliphatic rings. The minimum absolute atomic E-state index is 0. The number of carbonyl (C=O) groups is 1. The number of anilines is 1. The molecule has 17 heavy (non-hydrogen) atoms. The first kappa shape index (κ1) is 15.7. The molecule has 2 N–H and O–H groups in total. The van der Waals surface area contributed by atoms with Gasteiger partial charge in [-0.25, -0.2) is 4.79 Å². The summed E-state index contributed by atoms with van der Waals surface area (Å²) in [6, 6.07) is 5.36. The van der Waals surface area contributed by atoms with Gasteiger partial charge in [0.15, 0.2) is 0 Å². The van der Waals surface area contributed by atoms with Crippen LogP contribution in [0, 0.1) is 0 Å². The molecule has 0 unspecified atom stereocenters. The van der Waals surface area contributed by atoms with Gasteiger partial charge in [0.2, 0.25) is 0 Å². The Labute approximate surface area is 108 Å². The number of esters is 1. The highest BCUT2D eigenvalue weighted by atomic mass is 35.5. The average molecular weight is 260 g/mol. The molecule has 4 nitrogen and oxygen atoms in total. The molecule has 1 aromatic carbocycles. The summed E-state index contributed by atoms with van der Waals surface area (Å²) in [6.07, 6.45) is 0.690. The zero-order chi connectivity index (χ0) is 12.0. The molecule has 96 valence electrons. The van der Waals surface area contributed by atoms with Crippen molar-refractivity contribution in [2.75, 3.05) is 26.1 Å². The molecule has 0 aliphatic carbocycles. The van der Waals surface area contributed by atoms with Crippen molar-refractivity contribution in [2.24, 2.45) is 0 Å². The number of nitrogen functional groups attached to an aromatic ring is 1. The molecule has 0 heterocycles. The number of rotatable bonds is 5. The largest absolute Gasteiger partial charge is 0.462 e. The molecule has 0 atom stereocenters. The molecule has 0 aliphatic heterocycles. The van der Waals surface area contributed by atoms with Crippen LogP contribution >= 0.6 is 12.4 Å². The second-order valence-electron chi connectivity index (χ2n) is 3.34. The Hall–Kier alpha value is -1.26. The number of carbonyl (C=O) groups excluding carboxylic acids is 1. The number of halogens is 1. The van der Waals surface area contributed by atoms with Crippen LogP contribution in [-0.2, 0) is 15.9 Å². The number of benzene rings is 1. The van der Waals surface area contributed by atoms with Crippen molar-refractivity contribution >= 4 is 24.1 Å². The Balaban J connectivity index is 0.00000256. The SMILES string of the molecule is CCOC(=O)c1cccc(CCOC)c1N.Cl. The lowest BCUT2D eigenvalue weighted by atomic mass is 10.1. The molecular weight excluding hydrogens is 242 g/mol. The molecule has 0 aromatic heterocycles. The summed E-state index contributed by atoms with van der Waals surface area (Å²) in [7, 11) is 1.63. The van der Waals surface area contributed by atoms with E-state index in [2.05, 4.69) is 0 Å². The molecule has 0 spiro atoms. The highest BCUT2D eigenvalue weighted by molar-refractivity contribution is 5.95. The van der Waals surface area contributed by atoms with Gasteiger partial charge in [-0.3, -0.25) is 0 Å². The van der Waals surface area contributed by atoms with E-state index in [4.69, 9.17) is 15.2 Å². The second-order valence-corrected chi connectivity index (χ2v) is 3.34. The summed E-state index contributed by atoms with van der Waals surface area (Å²) in [6.45, 7) is 2.69. The zero-order valence-electron chi connectivity index (χ0n) is 10.1. The van der Waals surface area contributed by atoms with Crippen LogP contribution in [0.5, 0.6) is 0 Å². The third-order valence-electron chi connectivity index (χ3n) is 2.27. The van der Waals surface area contributed by atoms with Gasteiger partial charge in [0.05, 0.1) is 18.8 Å². The molecule has 5 heteroatoms. The highest BCUT2D eigenvalue weighted by Gasteiger charge is 2.12. The number of hydrogen-bond acceptors (Lipinski definition) is 4. The van der Waals surface area contributed by atoms with E-state index in [-0.39, 0.29) is 18.4 Å². The van der Waals surface area contributed by atoms with Crippen molar-refractivity contribution in [3.05, 3.63) is 29.3 Å². The van der Waals surface area contributed by atoms with Crippen molar-refractivity contribution < 1.29 is 14.3 Å². The van der Waals surface area contributed by atoms with Crippen molar-refractivity contribution in [3.63, 3.8) is 0 Å². The summed E-state index contributed by atoms with van der Waals surface area (Å²) in [5.41, 5.74) is 7.72. The lowest BCUT2D eigenvalue weighted by molar-refractivity contribution is 0.0527. The predicted octanol–water partition coefficient (Wildman–Crippen LogP) is 2.06. The van der Waals surface area contributed by atoms with Crippen LogP contribution in [0.1, 0.15) is 22.8 Å². The minimum atomic E-state index is -0.376. The molecule has 1 rings (SSSR count). The van der Waals surface area contributed by atoms with Gasteiger partial charge in [0.25, 0.3) is 0 Å². The Morgan fingerprint density at radius 1 is 1.41 bits per heavy atom. The molecule has 0 saturated carbocycles. The van der Waals surface area contributed by atoms with Crippen molar-refractivity contribution in [1.82, 2.24) is 0 Å². The topological polar surface area (TPSA) is 61.5 Å². The predicted molar refractivity (Wildman–Crippen MR) is 69.6 cm³/mol. The lowest BCUT2D eigenvalue weighted by Crippen LogP contribution is -2.10. The highest BCUT2D eigenvalue weighted by Crippen LogP contribution is 2.19. The fourth-order valence-electron chi connectivity index (χ4n) is 1.43. The van der Waals surface area contributed by atoms with Crippen LogP contribution in [0.2, 0.25) is 0 Å². The van der Waals surface area contributed by atoms with Crippen LogP contribution in [0.4, 0.5) is 5.69 Å². The number of para-hydroxylation sites is 1. The van der Waals surface area contributed by atoms with E-state index in [9.17, 15) is 4.79 Å². The molecule has 0 bridgehead atoms. The summed E-state index contributed by atoms with van der Waals surface area (Å²) in [4.78, 5) is 11.6. The van der Waals surface area contributed by atoms with Gasteiger partial charge < -0.3 is 15.2 Å². The van der Waals surface area contributed by atoms with E-state index in [0.717, 1.165) is 5.56 Å². The summed E-state index contributed by atoms with van der Waals surface area (Å²) < 4.78 is 9.89. The quantitative estimate of drug-likeness (QED) is 0.649. The maximum absolute atomic E-state index is 11.6. The van der Waals surface area contributed by atoms with E-state index in [0.29, 0.717) is 30.9 Å². The van der Waals surface area contributed by atoms with Gasteiger partial charge in [-0.2, -0.15) is 0 Å². The van der Waals surface area contributed by atoms with E-state index >= 15 is 0 Å². The van der Waals surface area contributed by atoms with Crippen molar-refractivity contribution in [1.29, 1.82) is 0 Å². The zero-order valence-corrected chi connectivity index (χ0v) is 10.9. The fraction of sp³-hybridized carbons (Fsp3) is 0.417. The van der Waals surface area contributed by atoms with Gasteiger partial charge in [0, 0.05) is 12.8 Å². The van der Waals surface area contributed by atoms with Crippen LogP contribution in [0.3, 0.4) is 0 Å². The van der Waals surface area contributed by atoms with Gasteiger partial charge >= 0.3 is 5.97 Å². The third kappa shape index (κ3) is 4.24. The van der Waals surface area contributed by atoms with Crippen molar-refractivity contribution in [3.8, 4) is 0 Å².